The summed E-state index contributed by atoms with van der Waals surface area (Å²) in [6, 6.07) is 10.6. The molecule has 100 valence electrons. The molecule has 2 nitrogen and oxygen atoms in total. The zero-order valence-electron chi connectivity index (χ0n) is 11.7. The molecule has 1 aliphatic rings. The highest BCUT2D eigenvalue weighted by Crippen LogP contribution is 2.32. The fourth-order valence-corrected chi connectivity index (χ4v) is 3.25. The highest BCUT2D eigenvalue weighted by Gasteiger charge is 2.32. The summed E-state index contributed by atoms with van der Waals surface area (Å²) < 4.78 is 0. The quantitative estimate of drug-likeness (QED) is 0.882. The lowest BCUT2D eigenvalue weighted by Crippen LogP contribution is -2.53. The van der Waals surface area contributed by atoms with E-state index in [0.717, 1.165) is 25.4 Å². The topological polar surface area (TPSA) is 29.3 Å². The van der Waals surface area contributed by atoms with E-state index in [4.69, 9.17) is 5.73 Å². The summed E-state index contributed by atoms with van der Waals surface area (Å²) in [5, 5.41) is 0. The minimum Gasteiger partial charge on any atom is -0.370 e. The third-order valence-corrected chi connectivity index (χ3v) is 4.14. The first kappa shape index (κ1) is 13.4. The van der Waals surface area contributed by atoms with Crippen LogP contribution in [0.1, 0.15) is 39.5 Å². The molecule has 2 unspecified atom stereocenters. The standard InChI is InChI=1S/C16H26N2/c1-3-18(15-9-5-4-6-10-15)13-16(17)11-7-8-14(2)12-16/h4-6,9-10,14H,3,7-8,11-13,17H2,1-2H3. The Morgan fingerprint density at radius 3 is 2.67 bits per heavy atom. The van der Waals surface area contributed by atoms with Gasteiger partial charge >= 0.3 is 0 Å². The molecule has 0 bridgehead atoms. The second kappa shape index (κ2) is 5.75. The molecule has 0 heterocycles. The van der Waals surface area contributed by atoms with Gasteiger partial charge in [-0.1, -0.05) is 38.0 Å². The molecule has 0 saturated heterocycles. The van der Waals surface area contributed by atoms with E-state index < -0.39 is 0 Å². The van der Waals surface area contributed by atoms with Gasteiger partial charge in [-0.05, 0) is 37.8 Å². The van der Waals surface area contributed by atoms with Crippen LogP contribution < -0.4 is 10.6 Å². The van der Waals surface area contributed by atoms with Crippen LogP contribution in [-0.4, -0.2) is 18.6 Å². The Bertz CT molecular complexity index is 363. The van der Waals surface area contributed by atoms with Gasteiger partial charge in [0.1, 0.15) is 0 Å². The van der Waals surface area contributed by atoms with Gasteiger partial charge in [-0.25, -0.2) is 0 Å². The molecule has 0 radical (unpaired) electrons. The van der Waals surface area contributed by atoms with Gasteiger partial charge in [0, 0.05) is 24.3 Å². The van der Waals surface area contributed by atoms with Crippen molar-refractivity contribution in [2.45, 2.75) is 45.1 Å². The molecule has 18 heavy (non-hydrogen) atoms. The van der Waals surface area contributed by atoms with Gasteiger partial charge in [-0.3, -0.25) is 0 Å². The van der Waals surface area contributed by atoms with E-state index in [1.807, 2.05) is 0 Å². The van der Waals surface area contributed by atoms with Crippen molar-refractivity contribution in [2.75, 3.05) is 18.0 Å². The third kappa shape index (κ3) is 3.26. The maximum atomic E-state index is 6.62. The fourth-order valence-electron chi connectivity index (χ4n) is 3.25. The normalized spacial score (nSPS) is 28.1. The van der Waals surface area contributed by atoms with Crippen LogP contribution in [0.2, 0.25) is 0 Å². The zero-order valence-corrected chi connectivity index (χ0v) is 11.7. The molecule has 1 fully saturated rings. The molecule has 2 heteroatoms. The van der Waals surface area contributed by atoms with Crippen LogP contribution in [0.25, 0.3) is 0 Å². The van der Waals surface area contributed by atoms with Crippen molar-refractivity contribution < 1.29 is 0 Å². The molecule has 1 aliphatic carbocycles. The molecule has 0 aromatic heterocycles. The van der Waals surface area contributed by atoms with Gasteiger partial charge in [0.2, 0.25) is 0 Å². The lowest BCUT2D eigenvalue weighted by Gasteiger charge is -2.41. The monoisotopic (exact) mass is 246 g/mol. The first-order valence-electron chi connectivity index (χ1n) is 7.22. The maximum Gasteiger partial charge on any atom is 0.0366 e. The van der Waals surface area contributed by atoms with Gasteiger partial charge in [0.05, 0.1) is 0 Å². The largest absolute Gasteiger partial charge is 0.370 e. The van der Waals surface area contributed by atoms with Gasteiger partial charge < -0.3 is 10.6 Å². The van der Waals surface area contributed by atoms with Crippen molar-refractivity contribution in [2.24, 2.45) is 11.7 Å². The predicted molar refractivity (Wildman–Crippen MR) is 78.9 cm³/mol. The Balaban J connectivity index is 2.06. The SMILES string of the molecule is CCN(CC1(N)CCCC(C)C1)c1ccccc1. The van der Waals surface area contributed by atoms with Crippen molar-refractivity contribution in [1.29, 1.82) is 0 Å². The highest BCUT2D eigenvalue weighted by atomic mass is 15.1. The van der Waals surface area contributed by atoms with Crippen LogP contribution in [0.3, 0.4) is 0 Å². The summed E-state index contributed by atoms with van der Waals surface area (Å²) in [5.74, 6) is 0.776. The Hall–Kier alpha value is -1.02. The summed E-state index contributed by atoms with van der Waals surface area (Å²) >= 11 is 0. The molecule has 0 spiro atoms. The summed E-state index contributed by atoms with van der Waals surface area (Å²) in [5.41, 5.74) is 7.92. The zero-order chi connectivity index (χ0) is 13.0. The lowest BCUT2D eigenvalue weighted by molar-refractivity contribution is 0.239. The van der Waals surface area contributed by atoms with Crippen LogP contribution in [0.4, 0.5) is 5.69 Å². The van der Waals surface area contributed by atoms with E-state index in [1.54, 1.807) is 0 Å². The lowest BCUT2D eigenvalue weighted by atomic mass is 9.76. The van der Waals surface area contributed by atoms with Crippen molar-refractivity contribution in [3.63, 3.8) is 0 Å². The van der Waals surface area contributed by atoms with Crippen molar-refractivity contribution >= 4 is 5.69 Å². The Labute approximate surface area is 111 Å². The second-order valence-electron chi connectivity index (χ2n) is 5.91. The van der Waals surface area contributed by atoms with Crippen LogP contribution >= 0.6 is 0 Å². The summed E-state index contributed by atoms with van der Waals surface area (Å²) in [6.45, 7) is 6.55. The molecule has 2 rings (SSSR count). The summed E-state index contributed by atoms with van der Waals surface area (Å²) in [4.78, 5) is 2.41. The van der Waals surface area contributed by atoms with Gasteiger partial charge in [-0.2, -0.15) is 0 Å². The van der Waals surface area contributed by atoms with Gasteiger partial charge in [0.15, 0.2) is 0 Å². The van der Waals surface area contributed by atoms with Crippen molar-refractivity contribution in [3.05, 3.63) is 30.3 Å². The first-order valence-corrected chi connectivity index (χ1v) is 7.22. The average Bonchev–Trinajstić information content (AvgIpc) is 2.37. The van der Waals surface area contributed by atoms with E-state index in [2.05, 4.69) is 49.1 Å². The van der Waals surface area contributed by atoms with E-state index in [9.17, 15) is 0 Å². The number of hydrogen-bond acceptors (Lipinski definition) is 2. The highest BCUT2D eigenvalue weighted by molar-refractivity contribution is 5.46. The molecule has 0 amide bonds. The molecule has 2 atom stereocenters. The predicted octanol–water partition coefficient (Wildman–Crippen LogP) is 3.42. The number of para-hydroxylation sites is 1. The van der Waals surface area contributed by atoms with Gasteiger partial charge in [-0.15, -0.1) is 0 Å². The van der Waals surface area contributed by atoms with Crippen LogP contribution in [0.15, 0.2) is 30.3 Å². The molecular weight excluding hydrogens is 220 g/mol. The van der Waals surface area contributed by atoms with E-state index >= 15 is 0 Å². The van der Waals surface area contributed by atoms with Crippen LogP contribution in [0.5, 0.6) is 0 Å². The van der Waals surface area contributed by atoms with Crippen LogP contribution in [0, 0.1) is 5.92 Å². The Morgan fingerprint density at radius 2 is 2.06 bits per heavy atom. The average molecular weight is 246 g/mol. The number of nitrogens with zero attached hydrogens (tertiary/aromatic N) is 1. The second-order valence-corrected chi connectivity index (χ2v) is 5.91. The van der Waals surface area contributed by atoms with E-state index in [-0.39, 0.29) is 5.54 Å². The first-order chi connectivity index (χ1) is 8.63. The van der Waals surface area contributed by atoms with Gasteiger partial charge in [0.25, 0.3) is 0 Å². The number of hydrogen-bond donors (Lipinski definition) is 1. The molecule has 1 aromatic rings. The third-order valence-electron chi connectivity index (χ3n) is 4.14. The number of rotatable bonds is 4. The Morgan fingerprint density at radius 1 is 1.33 bits per heavy atom. The van der Waals surface area contributed by atoms with E-state index in [0.29, 0.717) is 0 Å². The minimum absolute atomic E-state index is 0.00349. The number of anilines is 1. The molecular formula is C16H26N2. The number of nitrogens with two attached hydrogens (primary N) is 1. The van der Waals surface area contributed by atoms with Crippen LogP contribution in [-0.2, 0) is 0 Å². The minimum atomic E-state index is 0.00349. The molecule has 2 N–H and O–H groups in total. The number of benzene rings is 1. The molecule has 0 aliphatic heterocycles. The number of likely N-dealkylation sites (N-methyl/N-ethyl adjacent to an activating group) is 1. The summed E-state index contributed by atoms with van der Waals surface area (Å²) in [7, 11) is 0. The molecule has 1 aromatic carbocycles. The van der Waals surface area contributed by atoms with E-state index in [1.165, 1.54) is 24.9 Å². The van der Waals surface area contributed by atoms with Crippen molar-refractivity contribution in [3.8, 4) is 0 Å². The van der Waals surface area contributed by atoms with Crippen molar-refractivity contribution in [1.82, 2.24) is 0 Å². The fraction of sp³-hybridized carbons (Fsp3) is 0.625. The Kier molecular flexibility index (Phi) is 4.28. The molecule has 1 saturated carbocycles. The maximum absolute atomic E-state index is 6.62. The smallest absolute Gasteiger partial charge is 0.0366 e. The summed E-state index contributed by atoms with van der Waals surface area (Å²) in [6.07, 6.45) is 4.96.